The second-order valence-electron chi connectivity index (χ2n) is 5.81. The molecule has 1 N–H and O–H groups in total. The third-order valence-electron chi connectivity index (χ3n) is 4.37. The Balaban J connectivity index is 2.09. The lowest BCUT2D eigenvalue weighted by atomic mass is 10.0. The standard InChI is InChI=1S/C21H16N2O3/c1-26-19-12-14(8-9-18(19)25)21-15(13-24)20(16-6-2-4-10-22-16)17-7-3-5-11-23(17)21/h2-13,25H,1H3. The Morgan fingerprint density at radius 1 is 1.12 bits per heavy atom. The van der Waals surface area contributed by atoms with Crippen LogP contribution in [-0.4, -0.2) is 27.9 Å². The molecule has 0 atom stereocenters. The maximum Gasteiger partial charge on any atom is 0.161 e. The van der Waals surface area contributed by atoms with Gasteiger partial charge in [0.05, 0.1) is 29.6 Å². The second-order valence-corrected chi connectivity index (χ2v) is 5.81. The average molecular weight is 344 g/mol. The summed E-state index contributed by atoms with van der Waals surface area (Å²) >= 11 is 0. The molecule has 3 aromatic heterocycles. The van der Waals surface area contributed by atoms with Gasteiger partial charge in [-0.05, 0) is 42.5 Å². The molecule has 0 unspecified atom stereocenters. The molecule has 0 amide bonds. The fourth-order valence-corrected chi connectivity index (χ4v) is 3.24. The van der Waals surface area contributed by atoms with Gasteiger partial charge >= 0.3 is 0 Å². The van der Waals surface area contributed by atoms with Gasteiger partial charge in [0.25, 0.3) is 0 Å². The maximum atomic E-state index is 12.1. The highest BCUT2D eigenvalue weighted by molar-refractivity contribution is 6.02. The van der Waals surface area contributed by atoms with Crippen LogP contribution < -0.4 is 4.74 Å². The van der Waals surface area contributed by atoms with Gasteiger partial charge in [0.1, 0.15) is 0 Å². The summed E-state index contributed by atoms with van der Waals surface area (Å²) in [7, 11) is 1.50. The summed E-state index contributed by atoms with van der Waals surface area (Å²) in [5.41, 5.74) is 4.44. The lowest BCUT2D eigenvalue weighted by Crippen LogP contribution is -1.92. The number of phenolic OH excluding ortho intramolecular Hbond substituents is 1. The molecule has 0 aliphatic rings. The number of pyridine rings is 2. The summed E-state index contributed by atoms with van der Waals surface area (Å²) in [6.45, 7) is 0. The molecule has 4 aromatic rings. The number of fused-ring (bicyclic) bond motifs is 1. The van der Waals surface area contributed by atoms with Crippen LogP contribution in [0.4, 0.5) is 0 Å². The van der Waals surface area contributed by atoms with E-state index in [0.717, 1.165) is 34.3 Å². The van der Waals surface area contributed by atoms with Gasteiger partial charge < -0.3 is 14.2 Å². The number of phenols is 1. The van der Waals surface area contributed by atoms with Gasteiger partial charge in [-0.1, -0.05) is 12.1 Å². The van der Waals surface area contributed by atoms with Gasteiger partial charge in [-0.25, -0.2) is 0 Å². The maximum absolute atomic E-state index is 12.1. The molecule has 0 saturated heterocycles. The first-order chi connectivity index (χ1) is 12.7. The van der Waals surface area contributed by atoms with E-state index in [9.17, 15) is 9.90 Å². The lowest BCUT2D eigenvalue weighted by molar-refractivity contribution is 0.112. The molecule has 5 heteroatoms. The monoisotopic (exact) mass is 344 g/mol. The molecule has 3 heterocycles. The molecular formula is C21H16N2O3. The normalized spacial score (nSPS) is 10.8. The summed E-state index contributed by atoms with van der Waals surface area (Å²) in [6.07, 6.45) is 4.47. The highest BCUT2D eigenvalue weighted by Gasteiger charge is 2.21. The number of carbonyl (C=O) groups is 1. The van der Waals surface area contributed by atoms with Crippen molar-refractivity contribution in [2.75, 3.05) is 7.11 Å². The fourth-order valence-electron chi connectivity index (χ4n) is 3.24. The van der Waals surface area contributed by atoms with Crippen LogP contribution in [0.5, 0.6) is 11.5 Å². The zero-order chi connectivity index (χ0) is 18.1. The van der Waals surface area contributed by atoms with E-state index >= 15 is 0 Å². The highest BCUT2D eigenvalue weighted by atomic mass is 16.5. The molecule has 0 radical (unpaired) electrons. The van der Waals surface area contributed by atoms with Crippen molar-refractivity contribution in [3.8, 4) is 34.0 Å². The Kier molecular flexibility index (Phi) is 3.89. The van der Waals surface area contributed by atoms with Gasteiger partial charge in [0, 0.05) is 23.5 Å². The van der Waals surface area contributed by atoms with Gasteiger partial charge in [-0.3, -0.25) is 9.78 Å². The molecule has 26 heavy (non-hydrogen) atoms. The molecule has 5 nitrogen and oxygen atoms in total. The predicted octanol–water partition coefficient (Wildman–Crippen LogP) is 4.20. The Hall–Kier alpha value is -3.60. The smallest absolute Gasteiger partial charge is 0.161 e. The van der Waals surface area contributed by atoms with Crippen LogP contribution in [0, 0.1) is 0 Å². The number of hydrogen-bond acceptors (Lipinski definition) is 4. The Morgan fingerprint density at radius 3 is 2.69 bits per heavy atom. The summed E-state index contributed by atoms with van der Waals surface area (Å²) < 4.78 is 7.18. The number of benzene rings is 1. The first-order valence-electron chi connectivity index (χ1n) is 8.11. The molecular weight excluding hydrogens is 328 g/mol. The number of aromatic nitrogens is 2. The number of carbonyl (C=O) groups excluding carboxylic acids is 1. The highest BCUT2D eigenvalue weighted by Crippen LogP contribution is 2.39. The van der Waals surface area contributed by atoms with Crippen LogP contribution in [0.3, 0.4) is 0 Å². The van der Waals surface area contributed by atoms with E-state index in [4.69, 9.17) is 4.74 Å². The third-order valence-corrected chi connectivity index (χ3v) is 4.37. The zero-order valence-corrected chi connectivity index (χ0v) is 14.1. The van der Waals surface area contributed by atoms with E-state index in [-0.39, 0.29) is 5.75 Å². The molecule has 0 saturated carbocycles. The quantitative estimate of drug-likeness (QED) is 0.564. The number of ether oxygens (including phenoxy) is 1. The number of aldehydes is 1. The number of rotatable bonds is 4. The summed E-state index contributed by atoms with van der Waals surface area (Å²) in [4.78, 5) is 16.5. The van der Waals surface area contributed by atoms with Crippen molar-refractivity contribution >= 4 is 11.8 Å². The van der Waals surface area contributed by atoms with Crippen LogP contribution in [0.15, 0.2) is 67.0 Å². The van der Waals surface area contributed by atoms with Gasteiger partial charge in [-0.15, -0.1) is 0 Å². The topological polar surface area (TPSA) is 63.8 Å². The van der Waals surface area contributed by atoms with Crippen molar-refractivity contribution in [3.63, 3.8) is 0 Å². The molecule has 0 bridgehead atoms. The predicted molar refractivity (Wildman–Crippen MR) is 99.7 cm³/mol. The Labute approximate surface area is 150 Å². The molecule has 1 aromatic carbocycles. The van der Waals surface area contributed by atoms with Gasteiger partial charge in [0.15, 0.2) is 17.8 Å². The van der Waals surface area contributed by atoms with Crippen LogP contribution in [0.1, 0.15) is 10.4 Å². The number of methoxy groups -OCH3 is 1. The number of hydrogen-bond donors (Lipinski definition) is 1. The zero-order valence-electron chi connectivity index (χ0n) is 14.1. The van der Waals surface area contributed by atoms with Crippen molar-refractivity contribution in [2.24, 2.45) is 0 Å². The number of nitrogens with zero attached hydrogens (tertiary/aromatic N) is 2. The molecule has 0 aliphatic carbocycles. The minimum absolute atomic E-state index is 0.0507. The Bertz CT molecular complexity index is 1100. The lowest BCUT2D eigenvalue weighted by Gasteiger charge is -2.08. The first kappa shape index (κ1) is 15.9. The summed E-state index contributed by atoms with van der Waals surface area (Å²) in [6, 6.07) is 16.5. The van der Waals surface area contributed by atoms with Crippen LogP contribution in [-0.2, 0) is 0 Å². The van der Waals surface area contributed by atoms with Crippen molar-refractivity contribution < 1.29 is 14.6 Å². The fraction of sp³-hybridized carbons (Fsp3) is 0.0476. The van der Waals surface area contributed by atoms with E-state index < -0.39 is 0 Å². The van der Waals surface area contributed by atoms with Crippen LogP contribution >= 0.6 is 0 Å². The number of aromatic hydroxyl groups is 1. The molecule has 0 spiro atoms. The minimum Gasteiger partial charge on any atom is -0.504 e. The molecule has 0 aliphatic heterocycles. The van der Waals surface area contributed by atoms with E-state index in [1.807, 2.05) is 47.0 Å². The Morgan fingerprint density at radius 2 is 1.96 bits per heavy atom. The second kappa shape index (κ2) is 6.37. The van der Waals surface area contributed by atoms with Gasteiger partial charge in [0.2, 0.25) is 0 Å². The van der Waals surface area contributed by atoms with Crippen molar-refractivity contribution in [2.45, 2.75) is 0 Å². The van der Waals surface area contributed by atoms with Crippen molar-refractivity contribution in [1.29, 1.82) is 0 Å². The summed E-state index contributed by atoms with van der Waals surface area (Å²) in [5.74, 6) is 0.402. The average Bonchev–Trinajstić information content (AvgIpc) is 3.03. The van der Waals surface area contributed by atoms with E-state index in [0.29, 0.717) is 11.3 Å². The SMILES string of the molecule is COc1cc(-c2c(C=O)c(-c3ccccn3)c3ccccn23)ccc1O. The van der Waals surface area contributed by atoms with Crippen molar-refractivity contribution in [3.05, 3.63) is 72.6 Å². The minimum atomic E-state index is 0.0507. The largest absolute Gasteiger partial charge is 0.504 e. The summed E-state index contributed by atoms with van der Waals surface area (Å²) in [5, 5.41) is 9.89. The van der Waals surface area contributed by atoms with Crippen molar-refractivity contribution in [1.82, 2.24) is 9.38 Å². The van der Waals surface area contributed by atoms with E-state index in [1.54, 1.807) is 24.4 Å². The van der Waals surface area contributed by atoms with E-state index in [2.05, 4.69) is 4.98 Å². The first-order valence-corrected chi connectivity index (χ1v) is 8.11. The molecule has 0 fully saturated rings. The van der Waals surface area contributed by atoms with Gasteiger partial charge in [-0.2, -0.15) is 0 Å². The van der Waals surface area contributed by atoms with Crippen LogP contribution in [0.2, 0.25) is 0 Å². The molecule has 128 valence electrons. The third kappa shape index (κ3) is 2.41. The van der Waals surface area contributed by atoms with E-state index in [1.165, 1.54) is 7.11 Å². The van der Waals surface area contributed by atoms with Crippen LogP contribution in [0.25, 0.3) is 28.0 Å². The molecule has 4 rings (SSSR count).